The minimum atomic E-state index is 0.282. The van der Waals surface area contributed by atoms with Gasteiger partial charge in [0.2, 0.25) is 0 Å². The van der Waals surface area contributed by atoms with Gasteiger partial charge in [-0.2, -0.15) is 0 Å². The third kappa shape index (κ3) is 2.09. The molecule has 0 fully saturated rings. The molecule has 0 aliphatic heterocycles. The molecule has 6 heteroatoms. The number of anilines is 1. The Bertz CT molecular complexity index is 744. The maximum atomic E-state index is 6.03. The van der Waals surface area contributed by atoms with Crippen LogP contribution < -0.4 is 5.73 Å². The van der Waals surface area contributed by atoms with E-state index in [1.165, 1.54) is 11.3 Å². The second-order valence-electron chi connectivity index (χ2n) is 4.60. The molecule has 19 heavy (non-hydrogen) atoms. The van der Waals surface area contributed by atoms with Gasteiger partial charge in [0.1, 0.15) is 5.69 Å². The molecule has 0 amide bonds. The smallest absolute Gasteiger partial charge is 0.180 e. The van der Waals surface area contributed by atoms with Crippen LogP contribution in [0.5, 0.6) is 0 Å². The second-order valence-corrected chi connectivity index (χ2v) is 5.93. The maximum Gasteiger partial charge on any atom is 0.180 e. The molecule has 0 saturated heterocycles. The molecule has 2 aromatic heterocycles. The minimum Gasteiger partial charge on any atom is -0.375 e. The average Bonchev–Trinajstić information content (AvgIpc) is 2.91. The summed E-state index contributed by atoms with van der Waals surface area (Å²) in [6.07, 6.45) is 0. The molecule has 4 nitrogen and oxygen atoms in total. The summed E-state index contributed by atoms with van der Waals surface area (Å²) in [7, 11) is 0. The fourth-order valence-corrected chi connectivity index (χ4v) is 2.87. The van der Waals surface area contributed by atoms with Gasteiger partial charge in [-0.3, -0.25) is 0 Å². The van der Waals surface area contributed by atoms with E-state index in [1.807, 2.05) is 23.6 Å². The first-order valence-electron chi connectivity index (χ1n) is 5.95. The first-order valence-corrected chi connectivity index (χ1v) is 7.21. The SMILES string of the molecule is CC(C)n1c(-c2csc(N)n2)nc2cc(Cl)ccc21. The van der Waals surface area contributed by atoms with E-state index >= 15 is 0 Å². The Morgan fingerprint density at radius 2 is 2.11 bits per heavy atom. The Kier molecular flexibility index (Phi) is 2.95. The number of imidazole rings is 1. The molecule has 2 heterocycles. The first-order chi connectivity index (χ1) is 9.06. The fourth-order valence-electron chi connectivity index (χ4n) is 2.17. The van der Waals surface area contributed by atoms with Crippen molar-refractivity contribution in [2.75, 3.05) is 5.73 Å². The Morgan fingerprint density at radius 1 is 1.32 bits per heavy atom. The highest BCUT2D eigenvalue weighted by Gasteiger charge is 2.17. The van der Waals surface area contributed by atoms with Crippen molar-refractivity contribution in [2.45, 2.75) is 19.9 Å². The Hall–Kier alpha value is -1.59. The van der Waals surface area contributed by atoms with Crippen molar-refractivity contribution in [2.24, 2.45) is 0 Å². The number of nitrogens with two attached hydrogens (primary N) is 1. The lowest BCUT2D eigenvalue weighted by Gasteiger charge is -2.11. The van der Waals surface area contributed by atoms with Crippen LogP contribution in [0.2, 0.25) is 5.02 Å². The van der Waals surface area contributed by atoms with Crippen molar-refractivity contribution in [3.8, 4) is 11.5 Å². The van der Waals surface area contributed by atoms with Crippen molar-refractivity contribution in [1.82, 2.24) is 14.5 Å². The van der Waals surface area contributed by atoms with E-state index in [2.05, 4.69) is 28.4 Å². The molecular formula is C13H13ClN4S. The van der Waals surface area contributed by atoms with Crippen LogP contribution in [0, 0.1) is 0 Å². The number of aromatic nitrogens is 3. The van der Waals surface area contributed by atoms with Crippen LogP contribution in [0.25, 0.3) is 22.6 Å². The predicted molar refractivity (Wildman–Crippen MR) is 80.6 cm³/mol. The monoisotopic (exact) mass is 292 g/mol. The largest absolute Gasteiger partial charge is 0.375 e. The number of halogens is 1. The van der Waals surface area contributed by atoms with Gasteiger partial charge in [-0.05, 0) is 32.0 Å². The van der Waals surface area contributed by atoms with E-state index in [-0.39, 0.29) is 6.04 Å². The van der Waals surface area contributed by atoms with E-state index in [1.54, 1.807) is 0 Å². The fraction of sp³-hybridized carbons (Fsp3) is 0.231. The first kappa shape index (κ1) is 12.4. The van der Waals surface area contributed by atoms with Crippen molar-refractivity contribution in [3.63, 3.8) is 0 Å². The van der Waals surface area contributed by atoms with Crippen molar-refractivity contribution in [1.29, 1.82) is 0 Å². The molecule has 0 radical (unpaired) electrons. The average molecular weight is 293 g/mol. The van der Waals surface area contributed by atoms with Crippen LogP contribution in [-0.4, -0.2) is 14.5 Å². The van der Waals surface area contributed by atoms with Crippen LogP contribution in [0.3, 0.4) is 0 Å². The highest BCUT2D eigenvalue weighted by atomic mass is 35.5. The molecule has 3 aromatic rings. The number of thiazole rings is 1. The Morgan fingerprint density at radius 3 is 2.74 bits per heavy atom. The number of nitrogen functional groups attached to an aromatic ring is 1. The summed E-state index contributed by atoms with van der Waals surface area (Å²) in [5.74, 6) is 0.834. The molecule has 0 bridgehead atoms. The molecule has 0 saturated carbocycles. The molecule has 0 unspecified atom stereocenters. The van der Waals surface area contributed by atoms with Crippen LogP contribution in [0.15, 0.2) is 23.6 Å². The van der Waals surface area contributed by atoms with Crippen molar-refractivity contribution in [3.05, 3.63) is 28.6 Å². The molecule has 0 spiro atoms. The molecular weight excluding hydrogens is 280 g/mol. The summed E-state index contributed by atoms with van der Waals surface area (Å²) in [5, 5.41) is 3.16. The van der Waals surface area contributed by atoms with Gasteiger partial charge in [0.05, 0.1) is 11.0 Å². The number of fused-ring (bicyclic) bond motifs is 1. The van der Waals surface area contributed by atoms with Gasteiger partial charge >= 0.3 is 0 Å². The van der Waals surface area contributed by atoms with E-state index in [0.29, 0.717) is 10.2 Å². The van der Waals surface area contributed by atoms with E-state index in [0.717, 1.165) is 22.6 Å². The van der Waals surface area contributed by atoms with Gasteiger partial charge in [-0.25, -0.2) is 9.97 Å². The van der Waals surface area contributed by atoms with Crippen LogP contribution >= 0.6 is 22.9 Å². The van der Waals surface area contributed by atoms with Crippen molar-refractivity contribution >= 4 is 39.1 Å². The van der Waals surface area contributed by atoms with Crippen LogP contribution in [-0.2, 0) is 0 Å². The quantitative estimate of drug-likeness (QED) is 0.777. The highest BCUT2D eigenvalue weighted by molar-refractivity contribution is 7.13. The highest BCUT2D eigenvalue weighted by Crippen LogP contribution is 2.30. The summed E-state index contributed by atoms with van der Waals surface area (Å²) in [4.78, 5) is 8.97. The van der Waals surface area contributed by atoms with E-state index in [4.69, 9.17) is 17.3 Å². The van der Waals surface area contributed by atoms with Gasteiger partial charge in [0, 0.05) is 16.4 Å². The lowest BCUT2D eigenvalue weighted by atomic mass is 10.3. The Balaban J connectivity index is 2.31. The standard InChI is InChI=1S/C13H13ClN4S/c1-7(2)18-11-4-3-8(14)5-9(11)16-12(18)10-6-19-13(15)17-10/h3-7H,1-2H3,(H2,15,17). The number of hydrogen-bond acceptors (Lipinski definition) is 4. The zero-order chi connectivity index (χ0) is 13.6. The Labute approximate surface area is 119 Å². The summed E-state index contributed by atoms with van der Waals surface area (Å²) in [6.45, 7) is 4.24. The van der Waals surface area contributed by atoms with Gasteiger partial charge in [-0.1, -0.05) is 11.6 Å². The molecule has 0 atom stereocenters. The lowest BCUT2D eigenvalue weighted by molar-refractivity contribution is 0.623. The zero-order valence-electron chi connectivity index (χ0n) is 10.6. The minimum absolute atomic E-state index is 0.282. The second kappa shape index (κ2) is 4.51. The maximum absolute atomic E-state index is 6.03. The summed E-state index contributed by atoms with van der Waals surface area (Å²) < 4.78 is 2.15. The van der Waals surface area contributed by atoms with Crippen LogP contribution in [0.1, 0.15) is 19.9 Å². The summed E-state index contributed by atoms with van der Waals surface area (Å²) in [5.41, 5.74) is 8.45. The van der Waals surface area contributed by atoms with Gasteiger partial charge in [0.25, 0.3) is 0 Å². The van der Waals surface area contributed by atoms with Gasteiger partial charge in [-0.15, -0.1) is 11.3 Å². The summed E-state index contributed by atoms with van der Waals surface area (Å²) >= 11 is 7.45. The number of nitrogens with zero attached hydrogens (tertiary/aromatic N) is 3. The molecule has 0 aliphatic carbocycles. The van der Waals surface area contributed by atoms with Crippen molar-refractivity contribution < 1.29 is 0 Å². The summed E-state index contributed by atoms with van der Waals surface area (Å²) in [6, 6.07) is 6.02. The third-order valence-corrected chi connectivity index (χ3v) is 3.83. The number of rotatable bonds is 2. The lowest BCUT2D eigenvalue weighted by Crippen LogP contribution is -2.03. The van der Waals surface area contributed by atoms with E-state index < -0.39 is 0 Å². The van der Waals surface area contributed by atoms with E-state index in [9.17, 15) is 0 Å². The molecule has 2 N–H and O–H groups in total. The topological polar surface area (TPSA) is 56.7 Å². The molecule has 3 rings (SSSR count). The van der Waals surface area contributed by atoms with Crippen LogP contribution in [0.4, 0.5) is 5.13 Å². The molecule has 1 aromatic carbocycles. The van der Waals surface area contributed by atoms with Gasteiger partial charge in [0.15, 0.2) is 11.0 Å². The third-order valence-electron chi connectivity index (χ3n) is 2.92. The number of hydrogen-bond donors (Lipinski definition) is 1. The van der Waals surface area contributed by atoms with Gasteiger partial charge < -0.3 is 10.3 Å². The molecule has 98 valence electrons. The number of benzene rings is 1. The molecule has 0 aliphatic rings. The predicted octanol–water partition coefficient (Wildman–Crippen LogP) is 3.98. The zero-order valence-corrected chi connectivity index (χ0v) is 12.2. The normalized spacial score (nSPS) is 11.6.